The third-order valence-corrected chi connectivity index (χ3v) is 7.34. The monoisotopic (exact) mass is 541 g/mol. The van der Waals surface area contributed by atoms with Crippen molar-refractivity contribution in [2.75, 3.05) is 26.2 Å². The van der Waals surface area contributed by atoms with E-state index in [4.69, 9.17) is 19.6 Å². The van der Waals surface area contributed by atoms with Crippen molar-refractivity contribution in [3.8, 4) is 16.9 Å². The third-order valence-electron chi connectivity index (χ3n) is 7.34. The van der Waals surface area contributed by atoms with Crippen LogP contribution in [0.4, 0.5) is 0 Å². The molecule has 2 heterocycles. The van der Waals surface area contributed by atoms with Crippen LogP contribution in [0.2, 0.25) is 0 Å². The lowest BCUT2D eigenvalue weighted by atomic mass is 9.99. The topological polar surface area (TPSA) is 98.8 Å². The quantitative estimate of drug-likeness (QED) is 0.209. The molecule has 3 aromatic carbocycles. The number of ether oxygens (including phenoxy) is 2. The Balaban J connectivity index is 1.39. The molecule has 4 N–H and O–H groups in total. The van der Waals surface area contributed by atoms with Gasteiger partial charge in [-0.1, -0.05) is 36.4 Å². The van der Waals surface area contributed by atoms with Crippen molar-refractivity contribution >= 4 is 16.9 Å². The number of para-hydroxylation sites is 1. The number of nitrogens with one attached hydrogen (secondary N) is 2. The first-order valence-corrected chi connectivity index (χ1v) is 14.3. The fourth-order valence-electron chi connectivity index (χ4n) is 5.34. The second kappa shape index (κ2) is 13.6. The molecule has 1 saturated heterocycles. The highest BCUT2D eigenvalue weighted by molar-refractivity contribution is 5.93. The van der Waals surface area contributed by atoms with Gasteiger partial charge < -0.3 is 30.3 Å². The van der Waals surface area contributed by atoms with Crippen LogP contribution in [0.5, 0.6) is 5.75 Å². The molecule has 1 aliphatic rings. The molecule has 0 spiro atoms. The lowest BCUT2D eigenvalue weighted by Crippen LogP contribution is -2.35. The zero-order valence-electron chi connectivity index (χ0n) is 23.2. The number of nitrogens with two attached hydrogens (primary N) is 1. The molecule has 0 saturated carbocycles. The van der Waals surface area contributed by atoms with Crippen LogP contribution in [0.1, 0.15) is 42.2 Å². The van der Waals surface area contributed by atoms with Crippen LogP contribution < -0.4 is 21.1 Å². The molecule has 1 aromatic heterocycles. The van der Waals surface area contributed by atoms with Crippen LogP contribution in [0.15, 0.2) is 71.1 Å². The van der Waals surface area contributed by atoms with E-state index in [0.717, 1.165) is 64.2 Å². The average molecular weight is 542 g/mol. The molecular weight excluding hydrogens is 502 g/mol. The Kier molecular flexibility index (Phi) is 9.50. The van der Waals surface area contributed by atoms with Gasteiger partial charge in [0, 0.05) is 23.1 Å². The van der Waals surface area contributed by atoms with E-state index in [-0.39, 0.29) is 12.4 Å². The molecule has 0 amide bonds. The average Bonchev–Trinajstić information content (AvgIpc) is 3.40. The van der Waals surface area contributed by atoms with Gasteiger partial charge in [-0.15, -0.1) is 0 Å². The Hall–Kier alpha value is -3.65. The van der Waals surface area contributed by atoms with Crippen LogP contribution in [0.25, 0.3) is 22.1 Å². The number of hydrogen-bond acceptors (Lipinski definition) is 7. The van der Waals surface area contributed by atoms with Crippen LogP contribution in [-0.4, -0.2) is 32.2 Å². The maximum atomic E-state index is 12.1. The van der Waals surface area contributed by atoms with Crippen molar-refractivity contribution in [2.24, 2.45) is 11.7 Å². The highest BCUT2D eigenvalue weighted by atomic mass is 16.5. The molecule has 0 bridgehead atoms. The lowest BCUT2D eigenvalue weighted by Gasteiger charge is -2.22. The predicted molar refractivity (Wildman–Crippen MR) is 158 cm³/mol. The van der Waals surface area contributed by atoms with E-state index < -0.39 is 0 Å². The van der Waals surface area contributed by atoms with Crippen LogP contribution in [-0.2, 0) is 35.6 Å². The van der Waals surface area contributed by atoms with Gasteiger partial charge in [0.25, 0.3) is 0 Å². The minimum atomic E-state index is -0.263. The van der Waals surface area contributed by atoms with Gasteiger partial charge in [0.05, 0.1) is 19.6 Å². The van der Waals surface area contributed by atoms with Crippen molar-refractivity contribution in [2.45, 2.75) is 45.9 Å². The molecule has 1 fully saturated rings. The Morgan fingerprint density at radius 1 is 1.10 bits per heavy atom. The SMILES string of the molecule is CCOC(=O)Cc1ccccc1OCc1cc(-c2cccc(CN)c2)c2oc(CNCC3CCCNC3)cc2c1. The van der Waals surface area contributed by atoms with Crippen molar-refractivity contribution in [3.05, 3.63) is 89.2 Å². The van der Waals surface area contributed by atoms with Gasteiger partial charge in [0.1, 0.15) is 23.7 Å². The first kappa shape index (κ1) is 27.9. The van der Waals surface area contributed by atoms with E-state index in [1.807, 2.05) is 43.3 Å². The van der Waals surface area contributed by atoms with Gasteiger partial charge in [-0.2, -0.15) is 0 Å². The summed E-state index contributed by atoms with van der Waals surface area (Å²) < 4.78 is 17.8. The minimum Gasteiger partial charge on any atom is -0.489 e. The number of carbonyl (C=O) groups is 1. The molecule has 1 atom stereocenters. The number of rotatable bonds is 12. The first-order chi connectivity index (χ1) is 19.6. The van der Waals surface area contributed by atoms with Crippen molar-refractivity contribution in [1.29, 1.82) is 0 Å². The molecular formula is C33H39N3O4. The standard InChI is InChI=1S/C33H39N3O4/c1-2-38-32(37)17-27-9-3-4-11-31(27)39-22-25-14-28-16-29(21-36-20-24-8-6-12-35-19-24)40-33(28)30(15-25)26-10-5-7-23(13-26)18-34/h3-5,7,9-11,13-16,24,35-36H,2,6,8,12,17-22,34H2,1H3. The summed E-state index contributed by atoms with van der Waals surface area (Å²) in [6.07, 6.45) is 2.67. The maximum Gasteiger partial charge on any atom is 0.310 e. The van der Waals surface area contributed by atoms with Gasteiger partial charge in [0.15, 0.2) is 0 Å². The Morgan fingerprint density at radius 3 is 2.83 bits per heavy atom. The van der Waals surface area contributed by atoms with Crippen molar-refractivity contribution < 1.29 is 18.7 Å². The smallest absolute Gasteiger partial charge is 0.310 e. The summed E-state index contributed by atoms with van der Waals surface area (Å²) in [7, 11) is 0. The second-order valence-electron chi connectivity index (χ2n) is 10.4. The van der Waals surface area contributed by atoms with Crippen LogP contribution >= 0.6 is 0 Å². The summed E-state index contributed by atoms with van der Waals surface area (Å²) in [6.45, 7) is 6.84. The zero-order valence-corrected chi connectivity index (χ0v) is 23.2. The summed E-state index contributed by atoms with van der Waals surface area (Å²) in [5.74, 6) is 1.98. The Labute approximate surface area is 236 Å². The maximum absolute atomic E-state index is 12.1. The van der Waals surface area contributed by atoms with Gasteiger partial charge in [0.2, 0.25) is 0 Å². The van der Waals surface area contributed by atoms with E-state index in [0.29, 0.717) is 38.0 Å². The van der Waals surface area contributed by atoms with Crippen molar-refractivity contribution in [1.82, 2.24) is 10.6 Å². The molecule has 0 radical (unpaired) electrons. The number of benzene rings is 3. The summed E-state index contributed by atoms with van der Waals surface area (Å²) >= 11 is 0. The number of carbonyl (C=O) groups excluding carboxylic acids is 1. The number of furan rings is 1. The molecule has 210 valence electrons. The van der Waals surface area contributed by atoms with Gasteiger partial charge in [-0.3, -0.25) is 4.79 Å². The molecule has 1 unspecified atom stereocenters. The van der Waals surface area contributed by atoms with E-state index in [2.05, 4.69) is 41.0 Å². The van der Waals surface area contributed by atoms with E-state index in [1.54, 1.807) is 0 Å². The van der Waals surface area contributed by atoms with Gasteiger partial charge >= 0.3 is 5.97 Å². The summed E-state index contributed by atoms with van der Waals surface area (Å²) in [6, 6.07) is 22.2. The lowest BCUT2D eigenvalue weighted by molar-refractivity contribution is -0.142. The molecule has 7 heteroatoms. The fourth-order valence-corrected chi connectivity index (χ4v) is 5.34. The van der Waals surface area contributed by atoms with Crippen LogP contribution in [0.3, 0.4) is 0 Å². The number of piperidine rings is 1. The fraction of sp³-hybridized carbons (Fsp3) is 0.364. The minimum absolute atomic E-state index is 0.176. The van der Waals surface area contributed by atoms with E-state index >= 15 is 0 Å². The molecule has 40 heavy (non-hydrogen) atoms. The third kappa shape index (κ3) is 7.10. The second-order valence-corrected chi connectivity index (χ2v) is 10.4. The predicted octanol–water partition coefficient (Wildman–Crippen LogP) is 5.33. The van der Waals surface area contributed by atoms with Gasteiger partial charge in [-0.25, -0.2) is 0 Å². The largest absolute Gasteiger partial charge is 0.489 e. The van der Waals surface area contributed by atoms with Gasteiger partial charge in [-0.05, 0) is 92.3 Å². The summed E-state index contributed by atoms with van der Waals surface area (Å²) in [4.78, 5) is 12.1. The molecule has 5 rings (SSSR count). The highest BCUT2D eigenvalue weighted by Gasteiger charge is 2.16. The van der Waals surface area contributed by atoms with E-state index in [1.165, 1.54) is 12.8 Å². The highest BCUT2D eigenvalue weighted by Crippen LogP contribution is 2.34. The van der Waals surface area contributed by atoms with Crippen LogP contribution in [0, 0.1) is 5.92 Å². The van der Waals surface area contributed by atoms with E-state index in [9.17, 15) is 4.79 Å². The number of fused-ring (bicyclic) bond motifs is 1. The summed E-state index contributed by atoms with van der Waals surface area (Å²) in [5, 5.41) is 8.10. The molecule has 7 nitrogen and oxygen atoms in total. The normalized spacial score (nSPS) is 15.3. The number of hydrogen-bond donors (Lipinski definition) is 3. The first-order valence-electron chi connectivity index (χ1n) is 14.3. The zero-order chi connectivity index (χ0) is 27.7. The summed E-state index contributed by atoms with van der Waals surface area (Å²) in [5.41, 5.74) is 11.8. The molecule has 4 aromatic rings. The Bertz CT molecular complexity index is 1420. The number of esters is 1. The molecule has 0 aliphatic carbocycles. The van der Waals surface area contributed by atoms with Crippen molar-refractivity contribution in [3.63, 3.8) is 0 Å². The molecule has 1 aliphatic heterocycles. The Morgan fingerprint density at radius 2 is 2.00 bits per heavy atom.